The predicted molar refractivity (Wildman–Crippen MR) is 66.2 cm³/mol. The van der Waals surface area contributed by atoms with Gasteiger partial charge in [0.2, 0.25) is 0 Å². The van der Waals surface area contributed by atoms with E-state index in [-0.39, 0.29) is 0 Å². The fourth-order valence-electron chi connectivity index (χ4n) is 1.47. The van der Waals surface area contributed by atoms with Gasteiger partial charge in [-0.05, 0) is 18.8 Å². The molecular weight excluding hydrogens is 254 g/mol. The molecule has 1 atom stereocenters. The molecule has 0 aliphatic rings. The number of nitrogens with zero attached hydrogens (tertiary/aromatic N) is 3. The van der Waals surface area contributed by atoms with E-state index in [0.29, 0.717) is 10.7 Å². The Hall–Kier alpha value is -0.380. The Bertz CT molecular complexity index is 283. The Balaban J connectivity index is 2.49. The van der Waals surface area contributed by atoms with Crippen LogP contribution >= 0.6 is 15.9 Å². The molecule has 1 aromatic heterocycles. The molecule has 1 aromatic rings. The molecule has 0 saturated carbocycles. The summed E-state index contributed by atoms with van der Waals surface area (Å²) < 4.78 is 2.03. The molecule has 86 valence electrons. The Labute approximate surface area is 100 Å². The molecule has 1 unspecified atom stereocenters. The van der Waals surface area contributed by atoms with Gasteiger partial charge in [0, 0.05) is 17.8 Å². The number of aromatic nitrogens is 3. The van der Waals surface area contributed by atoms with E-state index in [1.54, 1.807) is 6.33 Å². The largest absolute Gasteiger partial charge is 0.250 e. The van der Waals surface area contributed by atoms with Gasteiger partial charge in [0.05, 0.1) is 0 Å². The fraction of sp³-hybridized carbons (Fsp3) is 0.818. The van der Waals surface area contributed by atoms with Crippen LogP contribution in [0.15, 0.2) is 6.33 Å². The van der Waals surface area contributed by atoms with E-state index in [1.165, 1.54) is 0 Å². The maximum atomic E-state index is 4.31. The van der Waals surface area contributed by atoms with E-state index in [4.69, 9.17) is 0 Å². The number of halogens is 1. The first-order valence-electron chi connectivity index (χ1n) is 5.64. The lowest BCUT2D eigenvalue weighted by Gasteiger charge is -2.09. The normalized spacial score (nSPS) is 13.4. The Morgan fingerprint density at radius 3 is 2.80 bits per heavy atom. The molecule has 0 spiro atoms. The van der Waals surface area contributed by atoms with Crippen LogP contribution in [-0.4, -0.2) is 19.6 Å². The molecule has 0 aliphatic carbocycles. The van der Waals surface area contributed by atoms with E-state index in [0.717, 1.165) is 31.6 Å². The van der Waals surface area contributed by atoms with E-state index in [9.17, 15) is 0 Å². The summed E-state index contributed by atoms with van der Waals surface area (Å²) in [7, 11) is 0. The van der Waals surface area contributed by atoms with Crippen LogP contribution in [0.2, 0.25) is 0 Å². The van der Waals surface area contributed by atoms with Crippen LogP contribution in [0.4, 0.5) is 0 Å². The standard InChI is InChI=1S/C11H20BrN3/c1-4-10(12)5-6-11-13-8-14-15(11)7-9(2)3/h8-10H,4-7H2,1-3H3. The van der Waals surface area contributed by atoms with Gasteiger partial charge in [-0.2, -0.15) is 5.10 Å². The first-order valence-corrected chi connectivity index (χ1v) is 6.55. The van der Waals surface area contributed by atoms with Crippen LogP contribution < -0.4 is 0 Å². The molecule has 0 radical (unpaired) electrons. The van der Waals surface area contributed by atoms with Gasteiger partial charge in [-0.25, -0.2) is 9.67 Å². The fourth-order valence-corrected chi connectivity index (χ4v) is 1.70. The van der Waals surface area contributed by atoms with Gasteiger partial charge in [0.25, 0.3) is 0 Å². The molecule has 0 amide bonds. The van der Waals surface area contributed by atoms with Gasteiger partial charge in [0.15, 0.2) is 0 Å². The number of alkyl halides is 1. The summed E-state index contributed by atoms with van der Waals surface area (Å²) in [5, 5.41) is 4.25. The quantitative estimate of drug-likeness (QED) is 0.746. The molecule has 1 heterocycles. The van der Waals surface area contributed by atoms with Gasteiger partial charge in [-0.3, -0.25) is 0 Å². The van der Waals surface area contributed by atoms with Crippen molar-refractivity contribution in [1.82, 2.24) is 14.8 Å². The molecule has 0 N–H and O–H groups in total. The van der Waals surface area contributed by atoms with Crippen LogP contribution in [0.5, 0.6) is 0 Å². The highest BCUT2D eigenvalue weighted by atomic mass is 79.9. The van der Waals surface area contributed by atoms with Crippen molar-refractivity contribution in [3.05, 3.63) is 12.2 Å². The molecule has 1 rings (SSSR count). The van der Waals surface area contributed by atoms with Crippen LogP contribution in [0.25, 0.3) is 0 Å². The van der Waals surface area contributed by atoms with Crippen molar-refractivity contribution in [2.24, 2.45) is 5.92 Å². The van der Waals surface area contributed by atoms with Gasteiger partial charge < -0.3 is 0 Å². The third-order valence-corrected chi connectivity index (χ3v) is 3.46. The average molecular weight is 274 g/mol. The molecule has 15 heavy (non-hydrogen) atoms. The molecule has 0 aromatic carbocycles. The summed E-state index contributed by atoms with van der Waals surface area (Å²) in [5.74, 6) is 1.73. The van der Waals surface area contributed by atoms with Crippen molar-refractivity contribution < 1.29 is 0 Å². The second-order valence-electron chi connectivity index (χ2n) is 4.30. The molecule has 0 fully saturated rings. The lowest BCUT2D eigenvalue weighted by molar-refractivity contribution is 0.463. The monoisotopic (exact) mass is 273 g/mol. The first kappa shape index (κ1) is 12.7. The smallest absolute Gasteiger partial charge is 0.138 e. The van der Waals surface area contributed by atoms with Crippen LogP contribution in [0.3, 0.4) is 0 Å². The number of rotatable bonds is 6. The van der Waals surface area contributed by atoms with Crippen LogP contribution in [0.1, 0.15) is 39.4 Å². The van der Waals surface area contributed by atoms with Crippen LogP contribution in [0, 0.1) is 5.92 Å². The van der Waals surface area contributed by atoms with Gasteiger partial charge >= 0.3 is 0 Å². The summed E-state index contributed by atoms with van der Waals surface area (Å²) in [6.07, 6.45) is 4.97. The minimum atomic E-state index is 0.599. The summed E-state index contributed by atoms with van der Waals surface area (Å²) in [4.78, 5) is 4.91. The maximum absolute atomic E-state index is 4.31. The highest BCUT2D eigenvalue weighted by Gasteiger charge is 2.08. The SMILES string of the molecule is CCC(Br)CCc1ncnn1CC(C)C. The summed E-state index contributed by atoms with van der Waals surface area (Å²) in [6, 6.07) is 0. The molecule has 3 nitrogen and oxygen atoms in total. The second-order valence-corrected chi connectivity index (χ2v) is 5.59. The molecule has 4 heteroatoms. The summed E-state index contributed by atoms with van der Waals surface area (Å²) in [5.41, 5.74) is 0. The summed E-state index contributed by atoms with van der Waals surface area (Å²) >= 11 is 3.64. The second kappa shape index (κ2) is 6.26. The number of hydrogen-bond acceptors (Lipinski definition) is 2. The minimum absolute atomic E-state index is 0.599. The maximum Gasteiger partial charge on any atom is 0.138 e. The summed E-state index contributed by atoms with van der Waals surface area (Å²) in [6.45, 7) is 7.56. The topological polar surface area (TPSA) is 30.7 Å². The predicted octanol–water partition coefficient (Wildman–Crippen LogP) is 3.04. The molecular formula is C11H20BrN3. The highest BCUT2D eigenvalue weighted by molar-refractivity contribution is 9.09. The first-order chi connectivity index (χ1) is 7.13. The highest BCUT2D eigenvalue weighted by Crippen LogP contribution is 2.13. The van der Waals surface area contributed by atoms with Crippen molar-refractivity contribution in [2.75, 3.05) is 0 Å². The van der Waals surface area contributed by atoms with E-state index >= 15 is 0 Å². The van der Waals surface area contributed by atoms with Crippen molar-refractivity contribution >= 4 is 15.9 Å². The molecule has 0 saturated heterocycles. The average Bonchev–Trinajstić information content (AvgIpc) is 2.61. The van der Waals surface area contributed by atoms with E-state index < -0.39 is 0 Å². The Morgan fingerprint density at radius 2 is 2.20 bits per heavy atom. The molecule has 0 bridgehead atoms. The van der Waals surface area contributed by atoms with Crippen molar-refractivity contribution in [1.29, 1.82) is 0 Å². The van der Waals surface area contributed by atoms with E-state index in [1.807, 2.05) is 4.68 Å². The Morgan fingerprint density at radius 1 is 1.47 bits per heavy atom. The van der Waals surface area contributed by atoms with Gasteiger partial charge in [-0.1, -0.05) is 36.7 Å². The third kappa shape index (κ3) is 4.33. The minimum Gasteiger partial charge on any atom is -0.250 e. The van der Waals surface area contributed by atoms with Gasteiger partial charge in [0.1, 0.15) is 12.2 Å². The zero-order valence-corrected chi connectivity index (χ0v) is 11.4. The van der Waals surface area contributed by atoms with Crippen molar-refractivity contribution in [3.63, 3.8) is 0 Å². The lowest BCUT2D eigenvalue weighted by atomic mass is 10.2. The van der Waals surface area contributed by atoms with Crippen molar-refractivity contribution in [3.8, 4) is 0 Å². The third-order valence-electron chi connectivity index (χ3n) is 2.36. The molecule has 0 aliphatic heterocycles. The van der Waals surface area contributed by atoms with E-state index in [2.05, 4.69) is 46.8 Å². The van der Waals surface area contributed by atoms with Crippen molar-refractivity contribution in [2.45, 2.75) is 51.4 Å². The lowest BCUT2D eigenvalue weighted by Crippen LogP contribution is -2.11. The zero-order valence-electron chi connectivity index (χ0n) is 9.78. The number of aryl methyl sites for hydroxylation is 1. The Kier molecular flexibility index (Phi) is 5.29. The zero-order chi connectivity index (χ0) is 11.3. The van der Waals surface area contributed by atoms with Gasteiger partial charge in [-0.15, -0.1) is 0 Å². The van der Waals surface area contributed by atoms with Crippen LogP contribution in [-0.2, 0) is 13.0 Å². The number of hydrogen-bond donors (Lipinski definition) is 0.